The van der Waals surface area contributed by atoms with Gasteiger partial charge in [0.25, 0.3) is 5.91 Å². The maximum absolute atomic E-state index is 13.0. The third kappa shape index (κ3) is 7.99. The van der Waals surface area contributed by atoms with Crippen molar-refractivity contribution in [2.45, 2.75) is 24.7 Å². The average molecular weight is 430 g/mol. The van der Waals surface area contributed by atoms with Gasteiger partial charge in [0.15, 0.2) is 0 Å². The first-order chi connectivity index (χ1) is 13.2. The van der Waals surface area contributed by atoms with Crippen LogP contribution in [0.15, 0.2) is 29.2 Å². The zero-order valence-electron chi connectivity index (χ0n) is 16.7. The number of carbonyl (C=O) groups is 2. The van der Waals surface area contributed by atoms with Gasteiger partial charge < -0.3 is 20.3 Å². The summed E-state index contributed by atoms with van der Waals surface area (Å²) in [6.45, 7) is 6.72. The van der Waals surface area contributed by atoms with Crippen molar-refractivity contribution < 1.29 is 14.3 Å². The molecule has 6 nitrogen and oxygen atoms in total. The van der Waals surface area contributed by atoms with E-state index in [9.17, 15) is 9.59 Å². The van der Waals surface area contributed by atoms with Gasteiger partial charge in [-0.1, -0.05) is 19.1 Å². The fourth-order valence-electron chi connectivity index (χ4n) is 3.12. The molecule has 0 bridgehead atoms. The van der Waals surface area contributed by atoms with Crippen LogP contribution in [0.2, 0.25) is 0 Å². The molecule has 2 N–H and O–H groups in total. The van der Waals surface area contributed by atoms with E-state index in [0.717, 1.165) is 43.9 Å². The molecule has 0 atom stereocenters. The van der Waals surface area contributed by atoms with Gasteiger partial charge in [-0.3, -0.25) is 9.59 Å². The highest BCUT2D eigenvalue weighted by Gasteiger charge is 2.24. The minimum Gasteiger partial charge on any atom is -0.383 e. The van der Waals surface area contributed by atoms with Crippen LogP contribution in [0.3, 0.4) is 0 Å². The highest BCUT2D eigenvalue weighted by molar-refractivity contribution is 8.00. The number of benzene rings is 1. The molecule has 2 rings (SSSR count). The second-order valence-corrected chi connectivity index (χ2v) is 7.69. The second-order valence-electron chi connectivity index (χ2n) is 6.67. The van der Waals surface area contributed by atoms with E-state index in [2.05, 4.69) is 17.6 Å². The van der Waals surface area contributed by atoms with E-state index in [0.29, 0.717) is 30.4 Å². The monoisotopic (exact) mass is 429 g/mol. The number of piperidine rings is 1. The first-order valence-corrected chi connectivity index (χ1v) is 10.6. The minimum atomic E-state index is -0.0523. The minimum absolute atomic E-state index is 0. The van der Waals surface area contributed by atoms with Crippen LogP contribution in [0, 0.1) is 5.92 Å². The van der Waals surface area contributed by atoms with Gasteiger partial charge in [-0.25, -0.2) is 0 Å². The zero-order valence-corrected chi connectivity index (χ0v) is 18.4. The van der Waals surface area contributed by atoms with Crippen LogP contribution in [-0.2, 0) is 9.53 Å². The first-order valence-electron chi connectivity index (χ1n) is 9.63. The molecule has 1 aliphatic heterocycles. The SMILES string of the molecule is CCNCC1CCN(C(=O)c2ccccc2SCC(=O)NCCOC)CC1.Cl. The molecule has 1 aliphatic rings. The molecule has 0 radical (unpaired) electrons. The molecule has 1 saturated heterocycles. The van der Waals surface area contributed by atoms with Crippen LogP contribution >= 0.6 is 24.2 Å². The molecule has 158 valence electrons. The summed E-state index contributed by atoms with van der Waals surface area (Å²) in [4.78, 5) is 27.7. The van der Waals surface area contributed by atoms with Crippen LogP contribution in [-0.4, -0.2) is 68.9 Å². The maximum Gasteiger partial charge on any atom is 0.254 e. The Morgan fingerprint density at radius 2 is 1.96 bits per heavy atom. The topological polar surface area (TPSA) is 70.7 Å². The number of amides is 2. The van der Waals surface area contributed by atoms with E-state index >= 15 is 0 Å². The molecule has 1 heterocycles. The highest BCUT2D eigenvalue weighted by atomic mass is 35.5. The lowest BCUT2D eigenvalue weighted by Crippen LogP contribution is -2.41. The summed E-state index contributed by atoms with van der Waals surface area (Å²) in [6, 6.07) is 7.56. The van der Waals surface area contributed by atoms with E-state index in [1.807, 2.05) is 29.2 Å². The van der Waals surface area contributed by atoms with Crippen LogP contribution in [0.5, 0.6) is 0 Å². The highest BCUT2D eigenvalue weighted by Crippen LogP contribution is 2.25. The van der Waals surface area contributed by atoms with Crippen molar-refractivity contribution in [3.05, 3.63) is 29.8 Å². The van der Waals surface area contributed by atoms with Gasteiger partial charge >= 0.3 is 0 Å². The van der Waals surface area contributed by atoms with Crippen molar-refractivity contribution in [2.24, 2.45) is 5.92 Å². The molecule has 0 saturated carbocycles. The second kappa shape index (κ2) is 13.8. The summed E-state index contributed by atoms with van der Waals surface area (Å²) in [5.74, 6) is 0.955. The molecule has 1 aromatic carbocycles. The van der Waals surface area contributed by atoms with E-state index in [-0.39, 0.29) is 24.2 Å². The quantitative estimate of drug-likeness (QED) is 0.441. The number of likely N-dealkylation sites (tertiary alicyclic amines) is 1. The van der Waals surface area contributed by atoms with Crippen molar-refractivity contribution in [3.63, 3.8) is 0 Å². The molecule has 0 unspecified atom stereocenters. The van der Waals surface area contributed by atoms with Crippen molar-refractivity contribution in [2.75, 3.05) is 52.2 Å². The van der Waals surface area contributed by atoms with Gasteiger partial charge in [0, 0.05) is 31.6 Å². The third-order valence-electron chi connectivity index (χ3n) is 4.69. The number of rotatable bonds is 10. The molecular formula is C20H32ClN3O3S. The lowest BCUT2D eigenvalue weighted by Gasteiger charge is -2.32. The lowest BCUT2D eigenvalue weighted by atomic mass is 9.96. The summed E-state index contributed by atoms with van der Waals surface area (Å²) < 4.78 is 4.93. The lowest BCUT2D eigenvalue weighted by molar-refractivity contribution is -0.118. The van der Waals surface area contributed by atoms with Crippen LogP contribution in [0.4, 0.5) is 0 Å². The van der Waals surface area contributed by atoms with E-state index in [1.54, 1.807) is 7.11 Å². The Morgan fingerprint density at radius 1 is 1.25 bits per heavy atom. The first kappa shape index (κ1) is 24.8. The standard InChI is InChI=1S/C20H31N3O3S.ClH/c1-3-21-14-16-8-11-23(12-9-16)20(25)17-6-4-5-7-18(17)27-15-19(24)22-10-13-26-2;/h4-7,16,21H,3,8-15H2,1-2H3,(H,22,24);1H. The Bertz CT molecular complexity index is 610. The molecule has 1 fully saturated rings. The van der Waals surface area contributed by atoms with Gasteiger partial charge in [0.05, 0.1) is 17.9 Å². The number of carbonyl (C=O) groups excluding carboxylic acids is 2. The Morgan fingerprint density at radius 3 is 2.64 bits per heavy atom. The molecule has 2 amide bonds. The number of ether oxygens (including phenoxy) is 1. The van der Waals surface area contributed by atoms with Gasteiger partial charge in [0.2, 0.25) is 5.91 Å². The fraction of sp³-hybridized carbons (Fsp3) is 0.600. The summed E-state index contributed by atoms with van der Waals surface area (Å²) in [7, 11) is 1.60. The van der Waals surface area contributed by atoms with Crippen LogP contribution in [0.1, 0.15) is 30.1 Å². The van der Waals surface area contributed by atoms with E-state index in [1.165, 1.54) is 11.8 Å². The average Bonchev–Trinajstić information content (AvgIpc) is 2.71. The summed E-state index contributed by atoms with van der Waals surface area (Å²) in [5.41, 5.74) is 0.692. The molecule has 8 heteroatoms. The summed E-state index contributed by atoms with van der Waals surface area (Å²) in [6.07, 6.45) is 2.08. The normalized spacial score (nSPS) is 14.4. The van der Waals surface area contributed by atoms with Crippen molar-refractivity contribution >= 4 is 36.0 Å². The van der Waals surface area contributed by atoms with Crippen LogP contribution in [0.25, 0.3) is 0 Å². The number of thioether (sulfide) groups is 1. The number of hydrogen-bond acceptors (Lipinski definition) is 5. The molecule has 28 heavy (non-hydrogen) atoms. The molecule has 0 spiro atoms. The largest absolute Gasteiger partial charge is 0.383 e. The van der Waals surface area contributed by atoms with Gasteiger partial charge in [0.1, 0.15) is 0 Å². The van der Waals surface area contributed by atoms with Gasteiger partial charge in [-0.05, 0) is 44.0 Å². The summed E-state index contributed by atoms with van der Waals surface area (Å²) in [5, 5.41) is 6.20. The predicted octanol–water partition coefficient (Wildman–Crippen LogP) is 2.42. The third-order valence-corrected chi connectivity index (χ3v) is 5.76. The molecule has 1 aromatic rings. The Balaban J connectivity index is 0.00000392. The number of methoxy groups -OCH3 is 1. The van der Waals surface area contributed by atoms with Crippen LogP contribution < -0.4 is 10.6 Å². The van der Waals surface area contributed by atoms with Crippen molar-refractivity contribution in [3.8, 4) is 0 Å². The number of nitrogens with one attached hydrogen (secondary N) is 2. The number of hydrogen-bond donors (Lipinski definition) is 2. The Kier molecular flexibility index (Phi) is 12.2. The van der Waals surface area contributed by atoms with E-state index in [4.69, 9.17) is 4.74 Å². The number of halogens is 1. The van der Waals surface area contributed by atoms with Crippen molar-refractivity contribution in [1.29, 1.82) is 0 Å². The zero-order chi connectivity index (χ0) is 19.5. The maximum atomic E-state index is 13.0. The molecule has 0 aliphatic carbocycles. The predicted molar refractivity (Wildman–Crippen MR) is 116 cm³/mol. The van der Waals surface area contributed by atoms with Crippen molar-refractivity contribution in [1.82, 2.24) is 15.5 Å². The summed E-state index contributed by atoms with van der Waals surface area (Å²) >= 11 is 1.41. The van der Waals surface area contributed by atoms with Gasteiger partial charge in [-0.15, -0.1) is 24.2 Å². The van der Waals surface area contributed by atoms with Gasteiger partial charge in [-0.2, -0.15) is 0 Å². The Labute approximate surface area is 178 Å². The van der Waals surface area contributed by atoms with E-state index < -0.39 is 0 Å². The molecule has 0 aromatic heterocycles. The Hall–Kier alpha value is -1.28. The molecular weight excluding hydrogens is 398 g/mol. The number of nitrogens with zero attached hydrogens (tertiary/aromatic N) is 1. The fourth-order valence-corrected chi connectivity index (χ4v) is 3.99. The smallest absolute Gasteiger partial charge is 0.254 e.